The number of hydrogen-bond donors (Lipinski definition) is 1. The highest BCUT2D eigenvalue weighted by Gasteiger charge is 2.29. The Hall–Kier alpha value is -0.930. The Bertz CT molecular complexity index is 421. The lowest BCUT2D eigenvalue weighted by molar-refractivity contribution is 0.0988. The van der Waals surface area contributed by atoms with E-state index in [-0.39, 0.29) is 5.82 Å². The van der Waals surface area contributed by atoms with E-state index in [1.165, 1.54) is 31.7 Å². The molecule has 2 N–H and O–H groups in total. The van der Waals surface area contributed by atoms with Crippen LogP contribution in [-0.4, -0.2) is 30.6 Å². The van der Waals surface area contributed by atoms with Crippen molar-refractivity contribution in [2.24, 2.45) is 11.7 Å². The van der Waals surface area contributed by atoms with Crippen molar-refractivity contribution < 1.29 is 4.39 Å². The van der Waals surface area contributed by atoms with Gasteiger partial charge in [0.25, 0.3) is 0 Å². The number of hydrogen-bond acceptors (Lipinski definition) is 2. The van der Waals surface area contributed by atoms with Crippen LogP contribution in [0, 0.1) is 11.7 Å². The van der Waals surface area contributed by atoms with E-state index in [0.29, 0.717) is 18.0 Å². The number of likely N-dealkylation sites (N-methyl/N-ethyl adjacent to an activating group) is 1. The summed E-state index contributed by atoms with van der Waals surface area (Å²) < 4.78 is 13.3. The van der Waals surface area contributed by atoms with Gasteiger partial charge in [0.05, 0.1) is 0 Å². The van der Waals surface area contributed by atoms with Gasteiger partial charge < -0.3 is 10.6 Å². The maximum absolute atomic E-state index is 13.3. The molecule has 0 aliphatic heterocycles. The van der Waals surface area contributed by atoms with Gasteiger partial charge in [0.2, 0.25) is 0 Å². The zero-order valence-corrected chi connectivity index (χ0v) is 12.7. The van der Waals surface area contributed by atoms with Crippen molar-refractivity contribution in [3.05, 3.63) is 35.6 Å². The molecule has 3 atom stereocenters. The molecule has 3 unspecified atom stereocenters. The minimum absolute atomic E-state index is 0.144. The third kappa shape index (κ3) is 3.80. The Labute approximate surface area is 122 Å². The molecule has 0 spiro atoms. The summed E-state index contributed by atoms with van der Waals surface area (Å²) in [6.45, 7) is 3.01. The Morgan fingerprint density at radius 1 is 1.35 bits per heavy atom. The molecule has 0 saturated heterocycles. The van der Waals surface area contributed by atoms with E-state index < -0.39 is 0 Å². The first-order chi connectivity index (χ1) is 9.61. The van der Waals surface area contributed by atoms with Crippen molar-refractivity contribution in [1.82, 2.24) is 4.90 Å². The van der Waals surface area contributed by atoms with Gasteiger partial charge in [0.15, 0.2) is 0 Å². The van der Waals surface area contributed by atoms with E-state index in [9.17, 15) is 4.39 Å². The topological polar surface area (TPSA) is 29.3 Å². The predicted molar refractivity (Wildman–Crippen MR) is 82.1 cm³/mol. The van der Waals surface area contributed by atoms with Gasteiger partial charge in [0, 0.05) is 12.1 Å². The summed E-state index contributed by atoms with van der Waals surface area (Å²) in [5.41, 5.74) is 7.00. The summed E-state index contributed by atoms with van der Waals surface area (Å²) >= 11 is 0. The van der Waals surface area contributed by atoms with Crippen molar-refractivity contribution >= 4 is 0 Å². The monoisotopic (exact) mass is 278 g/mol. The molecule has 1 aliphatic carbocycles. The third-order valence-corrected chi connectivity index (χ3v) is 4.81. The molecule has 1 aliphatic rings. The van der Waals surface area contributed by atoms with Crippen LogP contribution >= 0.6 is 0 Å². The first kappa shape index (κ1) is 15.5. The first-order valence-corrected chi connectivity index (χ1v) is 7.78. The van der Waals surface area contributed by atoms with Gasteiger partial charge >= 0.3 is 0 Å². The lowest BCUT2D eigenvalue weighted by atomic mass is 9.83. The molecule has 0 aromatic heterocycles. The van der Waals surface area contributed by atoms with Crippen molar-refractivity contribution in [3.8, 4) is 0 Å². The van der Waals surface area contributed by atoms with Crippen molar-refractivity contribution in [2.45, 2.75) is 51.1 Å². The fourth-order valence-electron chi connectivity index (χ4n) is 3.48. The van der Waals surface area contributed by atoms with Gasteiger partial charge in [-0.05, 0) is 63.4 Å². The highest BCUT2D eigenvalue weighted by Crippen LogP contribution is 2.28. The smallest absolute Gasteiger partial charge is 0.123 e. The van der Waals surface area contributed by atoms with Crippen LogP contribution in [0.5, 0.6) is 0 Å². The van der Waals surface area contributed by atoms with Gasteiger partial charge in [-0.15, -0.1) is 0 Å². The van der Waals surface area contributed by atoms with Crippen molar-refractivity contribution in [3.63, 3.8) is 0 Å². The third-order valence-electron chi connectivity index (χ3n) is 4.81. The molecular weight excluding hydrogens is 251 g/mol. The number of nitrogens with zero attached hydrogens (tertiary/aromatic N) is 1. The molecule has 0 radical (unpaired) electrons. The summed E-state index contributed by atoms with van der Waals surface area (Å²) in [6.07, 6.45) is 5.99. The minimum atomic E-state index is -0.144. The van der Waals surface area contributed by atoms with Crippen LogP contribution < -0.4 is 5.73 Å². The van der Waals surface area contributed by atoms with Gasteiger partial charge in [-0.25, -0.2) is 4.39 Å². The van der Waals surface area contributed by atoms with Gasteiger partial charge in [-0.1, -0.05) is 25.0 Å². The Kier molecular flexibility index (Phi) is 5.55. The fraction of sp³-hybridized carbons (Fsp3) is 0.647. The molecule has 0 bridgehead atoms. The quantitative estimate of drug-likeness (QED) is 0.896. The molecule has 20 heavy (non-hydrogen) atoms. The number of rotatable bonds is 5. The highest BCUT2D eigenvalue weighted by atomic mass is 19.1. The Morgan fingerprint density at radius 3 is 2.80 bits per heavy atom. The maximum Gasteiger partial charge on any atom is 0.123 e. The lowest BCUT2D eigenvalue weighted by Crippen LogP contribution is -2.47. The summed E-state index contributed by atoms with van der Waals surface area (Å²) in [4.78, 5) is 2.46. The molecule has 2 nitrogen and oxygen atoms in total. The van der Waals surface area contributed by atoms with Gasteiger partial charge in [-0.2, -0.15) is 0 Å². The van der Waals surface area contributed by atoms with Gasteiger partial charge in [0.1, 0.15) is 5.82 Å². The number of nitrogens with two attached hydrogens (primary N) is 1. The van der Waals surface area contributed by atoms with Crippen molar-refractivity contribution in [1.29, 1.82) is 0 Å². The fourth-order valence-corrected chi connectivity index (χ4v) is 3.48. The maximum atomic E-state index is 13.3. The minimum Gasteiger partial charge on any atom is -0.330 e. The average molecular weight is 278 g/mol. The zero-order valence-electron chi connectivity index (χ0n) is 12.7. The average Bonchev–Trinajstić information content (AvgIpc) is 2.46. The largest absolute Gasteiger partial charge is 0.330 e. The lowest BCUT2D eigenvalue weighted by Gasteiger charge is -2.40. The molecule has 0 amide bonds. The van der Waals surface area contributed by atoms with E-state index in [1.54, 1.807) is 12.1 Å². The summed E-state index contributed by atoms with van der Waals surface area (Å²) in [7, 11) is 2.20. The second-order valence-electron chi connectivity index (χ2n) is 6.20. The van der Waals surface area contributed by atoms with Gasteiger partial charge in [-0.3, -0.25) is 0 Å². The van der Waals surface area contributed by atoms with Crippen molar-refractivity contribution in [2.75, 3.05) is 13.6 Å². The molecule has 1 aromatic carbocycles. The summed E-state index contributed by atoms with van der Waals surface area (Å²) in [6, 6.07) is 7.94. The van der Waals surface area contributed by atoms with E-state index in [1.807, 2.05) is 6.07 Å². The Morgan fingerprint density at radius 2 is 2.10 bits per heavy atom. The standard InChI is InChI=1S/C17H27FN2/c1-13(10-14-6-5-8-16(18)11-14)20(2)17-9-4-3-7-15(17)12-19/h5-6,8,11,13,15,17H,3-4,7,9-10,12,19H2,1-2H3. The summed E-state index contributed by atoms with van der Waals surface area (Å²) in [5.74, 6) is 0.471. The molecule has 3 heteroatoms. The molecule has 1 saturated carbocycles. The second kappa shape index (κ2) is 7.19. The predicted octanol–water partition coefficient (Wildman–Crippen LogP) is 3.21. The van der Waals surface area contributed by atoms with E-state index in [4.69, 9.17) is 5.73 Å². The van der Waals surface area contributed by atoms with E-state index in [2.05, 4.69) is 18.9 Å². The molecule has 112 valence electrons. The molecule has 0 heterocycles. The number of benzene rings is 1. The highest BCUT2D eigenvalue weighted by molar-refractivity contribution is 5.17. The van der Waals surface area contributed by atoms with Crippen LogP contribution in [0.2, 0.25) is 0 Å². The second-order valence-corrected chi connectivity index (χ2v) is 6.20. The van der Waals surface area contributed by atoms with Crippen LogP contribution in [0.25, 0.3) is 0 Å². The normalized spacial score (nSPS) is 24.9. The molecule has 2 rings (SSSR count). The zero-order chi connectivity index (χ0) is 14.5. The Balaban J connectivity index is 1.98. The van der Waals surface area contributed by atoms with E-state index in [0.717, 1.165) is 18.5 Å². The van der Waals surface area contributed by atoms with Crippen LogP contribution in [0.15, 0.2) is 24.3 Å². The van der Waals surface area contributed by atoms with Crippen LogP contribution in [0.3, 0.4) is 0 Å². The molecule has 1 fully saturated rings. The molecule has 1 aromatic rings. The first-order valence-electron chi connectivity index (χ1n) is 7.78. The number of halogens is 1. The molecular formula is C17H27FN2. The van der Waals surface area contributed by atoms with Crippen LogP contribution in [0.1, 0.15) is 38.2 Å². The van der Waals surface area contributed by atoms with E-state index >= 15 is 0 Å². The SMILES string of the molecule is CC(Cc1cccc(F)c1)N(C)C1CCCCC1CN. The van der Waals surface area contributed by atoms with Crippen LogP contribution in [0.4, 0.5) is 4.39 Å². The van der Waals surface area contributed by atoms with Crippen LogP contribution in [-0.2, 0) is 6.42 Å². The summed E-state index contributed by atoms with van der Waals surface area (Å²) in [5, 5.41) is 0.